The van der Waals surface area contributed by atoms with Crippen molar-refractivity contribution in [1.29, 1.82) is 0 Å². The van der Waals surface area contributed by atoms with E-state index in [9.17, 15) is 14.4 Å². The standard InChI is InChI=1S/C21H20ClN5O3/c1-3-13-5-7-14(8-6-13)23-17(28)11-26-19-18(24-25-26)20(29)27(21(19)30)15-9-4-12(2)16(22)10-15/h4-10,18-19H,3,11H2,1-2H3,(H,23,28)/t18-,19+/m0/s1. The van der Waals surface area contributed by atoms with E-state index in [1.165, 1.54) is 5.01 Å². The van der Waals surface area contributed by atoms with Gasteiger partial charge in [0.2, 0.25) is 5.91 Å². The molecular formula is C21H20ClN5O3. The smallest absolute Gasteiger partial charge is 0.263 e. The van der Waals surface area contributed by atoms with Crippen LogP contribution < -0.4 is 10.2 Å². The van der Waals surface area contributed by atoms with Gasteiger partial charge in [0.1, 0.15) is 6.54 Å². The zero-order chi connectivity index (χ0) is 21.4. The largest absolute Gasteiger partial charge is 0.324 e. The van der Waals surface area contributed by atoms with E-state index in [0.717, 1.165) is 22.4 Å². The normalized spacial score (nSPS) is 20.1. The summed E-state index contributed by atoms with van der Waals surface area (Å²) in [5, 5.41) is 12.3. The van der Waals surface area contributed by atoms with Crippen molar-refractivity contribution < 1.29 is 14.4 Å². The second-order valence-corrected chi connectivity index (χ2v) is 7.64. The summed E-state index contributed by atoms with van der Waals surface area (Å²) in [5.41, 5.74) is 3.03. The van der Waals surface area contributed by atoms with Crippen LogP contribution in [0.2, 0.25) is 5.02 Å². The Morgan fingerprint density at radius 3 is 2.53 bits per heavy atom. The molecule has 2 heterocycles. The molecule has 2 aromatic rings. The third kappa shape index (κ3) is 3.54. The molecule has 2 aliphatic rings. The third-order valence-electron chi connectivity index (χ3n) is 5.22. The monoisotopic (exact) mass is 425 g/mol. The highest BCUT2D eigenvalue weighted by molar-refractivity contribution is 6.32. The lowest BCUT2D eigenvalue weighted by Crippen LogP contribution is -2.43. The molecule has 1 saturated heterocycles. The molecule has 0 aromatic heterocycles. The minimum atomic E-state index is -0.964. The Labute approximate surface area is 178 Å². The molecule has 9 heteroatoms. The number of nitrogens with zero attached hydrogens (tertiary/aromatic N) is 4. The van der Waals surface area contributed by atoms with Crippen molar-refractivity contribution in [3.63, 3.8) is 0 Å². The van der Waals surface area contributed by atoms with Gasteiger partial charge in [-0.3, -0.25) is 19.4 Å². The molecule has 2 atom stereocenters. The van der Waals surface area contributed by atoms with Crippen LogP contribution in [0.4, 0.5) is 11.4 Å². The van der Waals surface area contributed by atoms with Gasteiger partial charge in [-0.2, -0.15) is 5.11 Å². The number of carbonyl (C=O) groups is 3. The second-order valence-electron chi connectivity index (χ2n) is 7.24. The van der Waals surface area contributed by atoms with E-state index < -0.39 is 23.9 Å². The molecule has 0 radical (unpaired) electrons. The lowest BCUT2D eigenvalue weighted by molar-refractivity contribution is -0.123. The fraction of sp³-hybridized carbons (Fsp3) is 0.286. The van der Waals surface area contributed by atoms with Crippen LogP contribution >= 0.6 is 11.6 Å². The van der Waals surface area contributed by atoms with Gasteiger partial charge >= 0.3 is 0 Å². The van der Waals surface area contributed by atoms with Crippen LogP contribution in [0.5, 0.6) is 0 Å². The Bertz CT molecular complexity index is 1050. The first kappa shape index (κ1) is 20.0. The number of anilines is 2. The summed E-state index contributed by atoms with van der Waals surface area (Å²) in [7, 11) is 0. The van der Waals surface area contributed by atoms with Crippen LogP contribution in [0.15, 0.2) is 52.8 Å². The summed E-state index contributed by atoms with van der Waals surface area (Å²) in [5.74, 6) is -1.31. The summed E-state index contributed by atoms with van der Waals surface area (Å²) >= 11 is 6.15. The number of fused-ring (bicyclic) bond motifs is 1. The lowest BCUT2D eigenvalue weighted by Gasteiger charge is -2.20. The van der Waals surface area contributed by atoms with Gasteiger partial charge in [0.15, 0.2) is 12.1 Å². The van der Waals surface area contributed by atoms with Crippen molar-refractivity contribution in [2.75, 3.05) is 16.8 Å². The number of halogens is 1. The Morgan fingerprint density at radius 1 is 1.13 bits per heavy atom. The van der Waals surface area contributed by atoms with E-state index in [0.29, 0.717) is 16.4 Å². The van der Waals surface area contributed by atoms with Crippen LogP contribution in [0.25, 0.3) is 0 Å². The highest BCUT2D eigenvalue weighted by Gasteiger charge is 2.55. The van der Waals surface area contributed by atoms with Crippen LogP contribution in [-0.4, -0.2) is 41.4 Å². The van der Waals surface area contributed by atoms with Gasteiger partial charge < -0.3 is 5.32 Å². The van der Waals surface area contributed by atoms with Crippen LogP contribution in [0.3, 0.4) is 0 Å². The molecule has 2 aliphatic heterocycles. The Morgan fingerprint density at radius 2 is 1.87 bits per heavy atom. The number of aryl methyl sites for hydroxylation is 2. The van der Waals surface area contributed by atoms with Gasteiger partial charge in [-0.1, -0.05) is 41.9 Å². The number of hydrogen-bond acceptors (Lipinski definition) is 6. The first-order valence-electron chi connectivity index (χ1n) is 9.59. The molecule has 0 spiro atoms. The maximum absolute atomic E-state index is 13.0. The zero-order valence-corrected chi connectivity index (χ0v) is 17.3. The van der Waals surface area contributed by atoms with Crippen molar-refractivity contribution in [2.45, 2.75) is 32.4 Å². The number of benzene rings is 2. The molecule has 0 unspecified atom stereocenters. The van der Waals surface area contributed by atoms with Gasteiger partial charge in [0.05, 0.1) is 5.69 Å². The average Bonchev–Trinajstić information content (AvgIpc) is 3.24. The highest BCUT2D eigenvalue weighted by Crippen LogP contribution is 2.33. The molecule has 1 N–H and O–H groups in total. The average molecular weight is 426 g/mol. The molecule has 0 aliphatic carbocycles. The van der Waals surface area contributed by atoms with E-state index in [1.54, 1.807) is 18.2 Å². The fourth-order valence-corrected chi connectivity index (χ4v) is 3.68. The molecule has 3 amide bonds. The molecule has 154 valence electrons. The van der Waals surface area contributed by atoms with Crippen molar-refractivity contribution in [2.24, 2.45) is 10.3 Å². The predicted molar refractivity (Wildman–Crippen MR) is 112 cm³/mol. The van der Waals surface area contributed by atoms with Crippen molar-refractivity contribution in [1.82, 2.24) is 5.01 Å². The van der Waals surface area contributed by atoms with Crippen LogP contribution in [0, 0.1) is 6.92 Å². The van der Waals surface area contributed by atoms with Gasteiger partial charge in [0, 0.05) is 10.7 Å². The third-order valence-corrected chi connectivity index (χ3v) is 5.63. The summed E-state index contributed by atoms with van der Waals surface area (Å²) in [6.07, 6.45) is 0.907. The first-order chi connectivity index (χ1) is 14.4. The molecule has 1 fully saturated rings. The number of amides is 3. The zero-order valence-electron chi connectivity index (χ0n) is 16.5. The van der Waals surface area contributed by atoms with Crippen LogP contribution in [-0.2, 0) is 20.8 Å². The minimum Gasteiger partial charge on any atom is -0.324 e. The molecular weight excluding hydrogens is 406 g/mol. The number of imide groups is 1. The SMILES string of the molecule is CCc1ccc(NC(=O)CN2N=N[C@@H]3C(=O)N(c4ccc(C)c(Cl)c4)C(=O)[C@@H]32)cc1. The number of carbonyl (C=O) groups excluding carboxylic acids is 3. The quantitative estimate of drug-likeness (QED) is 0.744. The molecule has 4 rings (SSSR count). The molecule has 0 saturated carbocycles. The molecule has 0 bridgehead atoms. The van der Waals surface area contributed by atoms with Gasteiger partial charge in [-0.15, -0.1) is 0 Å². The second kappa shape index (κ2) is 7.87. The number of rotatable bonds is 5. The van der Waals surface area contributed by atoms with Crippen molar-refractivity contribution in [3.05, 3.63) is 58.6 Å². The summed E-state index contributed by atoms with van der Waals surface area (Å²) in [6, 6.07) is 10.6. The van der Waals surface area contributed by atoms with E-state index >= 15 is 0 Å². The summed E-state index contributed by atoms with van der Waals surface area (Å²) in [4.78, 5) is 39.3. The lowest BCUT2D eigenvalue weighted by atomic mass is 10.1. The summed E-state index contributed by atoms with van der Waals surface area (Å²) < 4.78 is 0. The highest BCUT2D eigenvalue weighted by atomic mass is 35.5. The molecule has 2 aromatic carbocycles. The van der Waals surface area contributed by atoms with Gasteiger partial charge in [-0.05, 0) is 48.7 Å². The Hall–Kier alpha value is -3.26. The predicted octanol–water partition coefficient (Wildman–Crippen LogP) is 3.14. The van der Waals surface area contributed by atoms with Gasteiger partial charge in [0.25, 0.3) is 11.8 Å². The number of hydrogen-bond donors (Lipinski definition) is 1. The first-order valence-corrected chi connectivity index (χ1v) is 9.97. The van der Waals surface area contributed by atoms with E-state index in [-0.39, 0.29) is 12.5 Å². The Balaban J connectivity index is 1.47. The van der Waals surface area contributed by atoms with Crippen LogP contribution in [0.1, 0.15) is 18.1 Å². The maximum atomic E-state index is 13.0. The van der Waals surface area contributed by atoms with Gasteiger partial charge in [-0.25, -0.2) is 4.90 Å². The maximum Gasteiger partial charge on any atom is 0.263 e. The topological polar surface area (TPSA) is 94.4 Å². The Kier molecular flexibility index (Phi) is 5.26. The number of nitrogens with one attached hydrogen (secondary N) is 1. The van der Waals surface area contributed by atoms with E-state index in [4.69, 9.17) is 11.6 Å². The van der Waals surface area contributed by atoms with E-state index in [2.05, 4.69) is 22.6 Å². The van der Waals surface area contributed by atoms with Crippen molar-refractivity contribution in [3.8, 4) is 0 Å². The minimum absolute atomic E-state index is 0.193. The summed E-state index contributed by atoms with van der Waals surface area (Å²) in [6.45, 7) is 3.69. The van der Waals surface area contributed by atoms with E-state index in [1.807, 2.05) is 31.2 Å². The van der Waals surface area contributed by atoms with Crippen molar-refractivity contribution >= 4 is 40.7 Å². The molecule has 30 heavy (non-hydrogen) atoms. The molecule has 8 nitrogen and oxygen atoms in total. The fourth-order valence-electron chi connectivity index (χ4n) is 3.50.